The van der Waals surface area contributed by atoms with E-state index in [-0.39, 0.29) is 6.61 Å². The number of hydrogen-bond acceptors (Lipinski definition) is 5. The lowest BCUT2D eigenvalue weighted by atomic mass is 10.1. The zero-order valence-corrected chi connectivity index (χ0v) is 15.6. The maximum absolute atomic E-state index is 12.2. The van der Waals surface area contributed by atoms with Crippen LogP contribution in [0.1, 0.15) is 21.5 Å². The summed E-state index contributed by atoms with van der Waals surface area (Å²) >= 11 is 3.35. The van der Waals surface area contributed by atoms with Gasteiger partial charge < -0.3 is 18.9 Å². The van der Waals surface area contributed by atoms with Crippen LogP contribution >= 0.6 is 15.9 Å². The first-order valence-corrected chi connectivity index (χ1v) is 8.01. The fraction of sp³-hybridized carbons (Fsp3) is 0.278. The third kappa shape index (κ3) is 4.00. The minimum absolute atomic E-state index is 0.147. The SMILES string of the molecule is COc1ccc(C(=O)OCc2cc(OC)c(OC)cc2C)cc1Br. The molecule has 128 valence electrons. The number of carbonyl (C=O) groups is 1. The number of halogens is 1. The molecular weight excluding hydrogens is 376 g/mol. The first-order chi connectivity index (χ1) is 11.5. The van der Waals surface area contributed by atoms with Gasteiger partial charge in [-0.1, -0.05) is 0 Å². The molecule has 0 fully saturated rings. The predicted molar refractivity (Wildman–Crippen MR) is 94.1 cm³/mol. The third-order valence-corrected chi connectivity index (χ3v) is 4.21. The number of hydrogen-bond donors (Lipinski definition) is 0. The fourth-order valence-corrected chi connectivity index (χ4v) is 2.74. The molecule has 0 aliphatic carbocycles. The van der Waals surface area contributed by atoms with Gasteiger partial charge in [-0.3, -0.25) is 0 Å². The number of ether oxygens (including phenoxy) is 4. The van der Waals surface area contributed by atoms with Gasteiger partial charge in [0.25, 0.3) is 0 Å². The van der Waals surface area contributed by atoms with Crippen molar-refractivity contribution in [1.82, 2.24) is 0 Å². The highest BCUT2D eigenvalue weighted by Gasteiger charge is 2.13. The molecule has 0 N–H and O–H groups in total. The Balaban J connectivity index is 2.13. The van der Waals surface area contributed by atoms with Crippen molar-refractivity contribution in [1.29, 1.82) is 0 Å². The molecule has 0 saturated carbocycles. The molecule has 0 aromatic heterocycles. The maximum atomic E-state index is 12.2. The van der Waals surface area contributed by atoms with Crippen molar-refractivity contribution in [3.63, 3.8) is 0 Å². The highest BCUT2D eigenvalue weighted by Crippen LogP contribution is 2.31. The molecule has 0 spiro atoms. The zero-order valence-electron chi connectivity index (χ0n) is 14.0. The first kappa shape index (κ1) is 18.1. The summed E-state index contributed by atoms with van der Waals surface area (Å²) < 4.78 is 21.8. The Bertz CT molecular complexity index is 742. The maximum Gasteiger partial charge on any atom is 0.338 e. The van der Waals surface area contributed by atoms with E-state index in [2.05, 4.69) is 15.9 Å². The van der Waals surface area contributed by atoms with Gasteiger partial charge in [0.05, 0.1) is 31.4 Å². The van der Waals surface area contributed by atoms with Crippen LogP contribution < -0.4 is 14.2 Å². The summed E-state index contributed by atoms with van der Waals surface area (Å²) in [5.74, 6) is 1.49. The lowest BCUT2D eigenvalue weighted by Gasteiger charge is -2.13. The number of methoxy groups -OCH3 is 3. The average Bonchev–Trinajstić information content (AvgIpc) is 2.59. The molecule has 24 heavy (non-hydrogen) atoms. The van der Waals surface area contributed by atoms with Crippen LogP contribution in [-0.2, 0) is 11.3 Å². The van der Waals surface area contributed by atoms with Crippen LogP contribution in [0.3, 0.4) is 0 Å². The van der Waals surface area contributed by atoms with Gasteiger partial charge in [0, 0.05) is 0 Å². The summed E-state index contributed by atoms with van der Waals surface area (Å²) in [7, 11) is 4.72. The molecular formula is C18H19BrO5. The van der Waals surface area contributed by atoms with Gasteiger partial charge in [-0.05, 0) is 64.3 Å². The van der Waals surface area contributed by atoms with Crippen LogP contribution in [0.15, 0.2) is 34.8 Å². The molecule has 0 radical (unpaired) electrons. The summed E-state index contributed by atoms with van der Waals surface area (Å²) in [5.41, 5.74) is 2.26. The standard InChI is InChI=1S/C18H19BrO5/c1-11-7-16(22-3)17(23-4)9-13(11)10-24-18(20)12-5-6-15(21-2)14(19)8-12/h5-9H,10H2,1-4H3. The summed E-state index contributed by atoms with van der Waals surface area (Å²) in [4.78, 5) is 12.2. The molecule has 0 amide bonds. The molecule has 5 nitrogen and oxygen atoms in total. The van der Waals surface area contributed by atoms with Crippen molar-refractivity contribution in [3.05, 3.63) is 51.5 Å². The molecule has 0 bridgehead atoms. The van der Waals surface area contributed by atoms with Gasteiger partial charge in [-0.25, -0.2) is 4.79 Å². The molecule has 2 rings (SSSR count). The Morgan fingerprint density at radius 3 is 2.17 bits per heavy atom. The zero-order chi connectivity index (χ0) is 17.7. The second-order valence-electron chi connectivity index (χ2n) is 5.06. The lowest BCUT2D eigenvalue weighted by Crippen LogP contribution is -2.07. The number of aryl methyl sites for hydroxylation is 1. The van der Waals surface area contributed by atoms with E-state index < -0.39 is 5.97 Å². The molecule has 0 aliphatic heterocycles. The smallest absolute Gasteiger partial charge is 0.338 e. The Hall–Kier alpha value is -2.21. The fourth-order valence-electron chi connectivity index (χ4n) is 2.20. The van der Waals surface area contributed by atoms with Gasteiger partial charge in [-0.15, -0.1) is 0 Å². The van der Waals surface area contributed by atoms with Crippen molar-refractivity contribution in [3.8, 4) is 17.2 Å². The normalized spacial score (nSPS) is 10.2. The largest absolute Gasteiger partial charge is 0.496 e. The highest BCUT2D eigenvalue weighted by molar-refractivity contribution is 9.10. The van der Waals surface area contributed by atoms with E-state index in [0.29, 0.717) is 27.3 Å². The van der Waals surface area contributed by atoms with Crippen LogP contribution in [0.4, 0.5) is 0 Å². The van der Waals surface area contributed by atoms with Gasteiger partial charge in [0.2, 0.25) is 0 Å². The molecule has 2 aromatic rings. The Kier molecular flexibility index (Phi) is 6.09. The predicted octanol–water partition coefficient (Wildman–Crippen LogP) is 4.14. The third-order valence-electron chi connectivity index (χ3n) is 3.59. The van der Waals surface area contributed by atoms with Crippen LogP contribution in [0, 0.1) is 6.92 Å². The van der Waals surface area contributed by atoms with E-state index in [9.17, 15) is 4.79 Å². The van der Waals surface area contributed by atoms with Gasteiger partial charge in [-0.2, -0.15) is 0 Å². The van der Waals surface area contributed by atoms with Gasteiger partial charge in [0.1, 0.15) is 12.4 Å². The number of carbonyl (C=O) groups excluding carboxylic acids is 1. The molecule has 0 aliphatic rings. The summed E-state index contributed by atoms with van der Waals surface area (Å²) in [5, 5.41) is 0. The van der Waals surface area contributed by atoms with Crippen LogP contribution in [0.2, 0.25) is 0 Å². The van der Waals surface area contributed by atoms with Crippen molar-refractivity contribution >= 4 is 21.9 Å². The van der Waals surface area contributed by atoms with Crippen molar-refractivity contribution in [2.45, 2.75) is 13.5 Å². The van der Waals surface area contributed by atoms with E-state index in [1.807, 2.05) is 19.1 Å². The van der Waals surface area contributed by atoms with E-state index in [0.717, 1.165) is 11.1 Å². The van der Waals surface area contributed by atoms with Gasteiger partial charge >= 0.3 is 5.97 Å². The van der Waals surface area contributed by atoms with E-state index >= 15 is 0 Å². The van der Waals surface area contributed by atoms with E-state index in [4.69, 9.17) is 18.9 Å². The molecule has 0 saturated heterocycles. The number of benzene rings is 2. The Morgan fingerprint density at radius 2 is 1.58 bits per heavy atom. The molecule has 0 unspecified atom stereocenters. The van der Waals surface area contributed by atoms with Crippen LogP contribution in [0.5, 0.6) is 17.2 Å². The first-order valence-electron chi connectivity index (χ1n) is 7.22. The minimum Gasteiger partial charge on any atom is -0.496 e. The van der Waals surface area contributed by atoms with Crippen LogP contribution in [0.25, 0.3) is 0 Å². The quantitative estimate of drug-likeness (QED) is 0.689. The molecule has 2 aromatic carbocycles. The summed E-state index contributed by atoms with van der Waals surface area (Å²) in [6.45, 7) is 2.07. The van der Waals surface area contributed by atoms with Crippen LogP contribution in [-0.4, -0.2) is 27.3 Å². The Labute approximate surface area is 149 Å². The average molecular weight is 395 g/mol. The number of rotatable bonds is 6. The van der Waals surface area contributed by atoms with E-state index in [1.54, 1.807) is 39.5 Å². The minimum atomic E-state index is -0.410. The summed E-state index contributed by atoms with van der Waals surface area (Å²) in [6, 6.07) is 8.70. The second kappa shape index (κ2) is 8.06. The molecule has 6 heteroatoms. The second-order valence-corrected chi connectivity index (χ2v) is 5.91. The topological polar surface area (TPSA) is 54.0 Å². The lowest BCUT2D eigenvalue weighted by molar-refractivity contribution is 0.0471. The highest BCUT2D eigenvalue weighted by atomic mass is 79.9. The number of esters is 1. The molecule has 0 heterocycles. The summed E-state index contributed by atoms with van der Waals surface area (Å²) in [6.07, 6.45) is 0. The van der Waals surface area contributed by atoms with Crippen molar-refractivity contribution in [2.24, 2.45) is 0 Å². The Morgan fingerprint density at radius 1 is 0.958 bits per heavy atom. The van der Waals surface area contributed by atoms with E-state index in [1.165, 1.54) is 0 Å². The van der Waals surface area contributed by atoms with Gasteiger partial charge in [0.15, 0.2) is 11.5 Å². The van der Waals surface area contributed by atoms with Crippen molar-refractivity contribution in [2.75, 3.05) is 21.3 Å². The molecule has 0 atom stereocenters. The van der Waals surface area contributed by atoms with Crippen molar-refractivity contribution < 1.29 is 23.7 Å². The monoisotopic (exact) mass is 394 g/mol.